The number of aromatic nitrogens is 1. The standard InChI is InChI=1S/C16H26N2O2/c1-4-6-7-8-10-17-15(19)13-11-12(3)14(9-5-2)18-16(13)20/h11H,4-10H2,1-3H3,(H,17,19)(H,18,20). The minimum Gasteiger partial charge on any atom is -0.352 e. The Labute approximate surface area is 121 Å². The highest BCUT2D eigenvalue weighted by Crippen LogP contribution is 2.07. The van der Waals surface area contributed by atoms with Crippen molar-refractivity contribution in [2.45, 2.75) is 59.3 Å². The Bertz CT molecular complexity index is 492. The Kier molecular flexibility index (Phi) is 7.05. The molecule has 0 aliphatic heterocycles. The first-order valence-electron chi connectivity index (χ1n) is 7.61. The lowest BCUT2D eigenvalue weighted by Crippen LogP contribution is -2.31. The second kappa shape index (κ2) is 8.56. The monoisotopic (exact) mass is 278 g/mol. The van der Waals surface area contributed by atoms with Gasteiger partial charge in [-0.25, -0.2) is 0 Å². The first kappa shape index (κ1) is 16.5. The molecule has 0 aliphatic carbocycles. The highest BCUT2D eigenvalue weighted by Gasteiger charge is 2.12. The van der Waals surface area contributed by atoms with Gasteiger partial charge in [0.2, 0.25) is 0 Å². The zero-order valence-electron chi connectivity index (χ0n) is 12.8. The smallest absolute Gasteiger partial charge is 0.261 e. The fraction of sp³-hybridized carbons (Fsp3) is 0.625. The van der Waals surface area contributed by atoms with E-state index < -0.39 is 0 Å². The van der Waals surface area contributed by atoms with Gasteiger partial charge >= 0.3 is 0 Å². The van der Waals surface area contributed by atoms with Crippen LogP contribution in [0.3, 0.4) is 0 Å². The van der Waals surface area contributed by atoms with E-state index in [1.807, 2.05) is 6.92 Å². The first-order valence-corrected chi connectivity index (χ1v) is 7.61. The topological polar surface area (TPSA) is 62.0 Å². The van der Waals surface area contributed by atoms with Gasteiger partial charge in [-0.1, -0.05) is 39.5 Å². The predicted octanol–water partition coefficient (Wildman–Crippen LogP) is 2.95. The van der Waals surface area contributed by atoms with Crippen molar-refractivity contribution in [3.8, 4) is 0 Å². The van der Waals surface area contributed by atoms with Crippen molar-refractivity contribution in [1.29, 1.82) is 0 Å². The molecule has 1 aromatic rings. The lowest BCUT2D eigenvalue weighted by molar-refractivity contribution is 0.0951. The molecule has 0 saturated heterocycles. The van der Waals surface area contributed by atoms with Crippen LogP contribution in [0.2, 0.25) is 0 Å². The number of carbonyl (C=O) groups excluding carboxylic acids is 1. The summed E-state index contributed by atoms with van der Waals surface area (Å²) < 4.78 is 0. The summed E-state index contributed by atoms with van der Waals surface area (Å²) in [6.45, 7) is 6.78. The SMILES string of the molecule is CCCCCCNC(=O)c1cc(C)c(CCC)[nH]c1=O. The van der Waals surface area contributed by atoms with Gasteiger partial charge in [0.05, 0.1) is 0 Å². The van der Waals surface area contributed by atoms with Crippen LogP contribution in [0.5, 0.6) is 0 Å². The molecule has 0 bridgehead atoms. The number of aryl methyl sites for hydroxylation is 2. The molecule has 4 nitrogen and oxygen atoms in total. The molecule has 4 heteroatoms. The van der Waals surface area contributed by atoms with E-state index in [9.17, 15) is 9.59 Å². The van der Waals surface area contributed by atoms with Gasteiger partial charge in [-0.2, -0.15) is 0 Å². The molecule has 0 aliphatic rings. The molecule has 0 aromatic carbocycles. The molecule has 0 atom stereocenters. The second-order valence-electron chi connectivity index (χ2n) is 5.24. The molecule has 2 N–H and O–H groups in total. The third-order valence-corrected chi connectivity index (χ3v) is 3.41. The number of amides is 1. The van der Waals surface area contributed by atoms with Gasteiger partial charge in [-0.3, -0.25) is 9.59 Å². The van der Waals surface area contributed by atoms with E-state index in [4.69, 9.17) is 0 Å². The average Bonchev–Trinajstić information content (AvgIpc) is 2.42. The molecule has 112 valence electrons. The summed E-state index contributed by atoms with van der Waals surface area (Å²) in [6, 6.07) is 1.70. The summed E-state index contributed by atoms with van der Waals surface area (Å²) in [5, 5.41) is 2.82. The van der Waals surface area contributed by atoms with E-state index in [1.54, 1.807) is 6.07 Å². The van der Waals surface area contributed by atoms with Crippen LogP contribution in [0, 0.1) is 6.92 Å². The molecule has 1 aromatic heterocycles. The Hall–Kier alpha value is -1.58. The summed E-state index contributed by atoms with van der Waals surface area (Å²) in [4.78, 5) is 26.7. The van der Waals surface area contributed by atoms with Crippen molar-refractivity contribution in [2.75, 3.05) is 6.54 Å². The quantitative estimate of drug-likeness (QED) is 0.718. The van der Waals surface area contributed by atoms with Gasteiger partial charge < -0.3 is 10.3 Å². The van der Waals surface area contributed by atoms with Gasteiger partial charge in [-0.15, -0.1) is 0 Å². The maximum Gasteiger partial charge on any atom is 0.261 e. The summed E-state index contributed by atoms with van der Waals surface area (Å²) in [5.74, 6) is -0.270. The molecule has 20 heavy (non-hydrogen) atoms. The molecule has 1 heterocycles. The third-order valence-electron chi connectivity index (χ3n) is 3.41. The molecular weight excluding hydrogens is 252 g/mol. The van der Waals surface area contributed by atoms with Crippen molar-refractivity contribution >= 4 is 5.91 Å². The molecule has 0 spiro atoms. The van der Waals surface area contributed by atoms with E-state index in [1.165, 1.54) is 12.8 Å². The molecular formula is C16H26N2O2. The number of nitrogens with one attached hydrogen (secondary N) is 2. The van der Waals surface area contributed by atoms with E-state index in [0.717, 1.165) is 36.9 Å². The lowest BCUT2D eigenvalue weighted by Gasteiger charge is -2.08. The number of rotatable bonds is 8. The maximum atomic E-state index is 12.0. The number of hydrogen-bond donors (Lipinski definition) is 2. The summed E-state index contributed by atoms with van der Waals surface area (Å²) in [6.07, 6.45) is 6.23. The Morgan fingerprint density at radius 1 is 1.20 bits per heavy atom. The fourth-order valence-electron chi connectivity index (χ4n) is 2.20. The minimum absolute atomic E-state index is 0.220. The van der Waals surface area contributed by atoms with Crippen molar-refractivity contribution < 1.29 is 4.79 Å². The number of unbranched alkanes of at least 4 members (excludes halogenated alkanes) is 3. The number of H-pyrrole nitrogens is 1. The number of aromatic amines is 1. The van der Waals surface area contributed by atoms with Crippen molar-refractivity contribution in [3.63, 3.8) is 0 Å². The minimum atomic E-state index is -0.287. The van der Waals surface area contributed by atoms with Gasteiger partial charge in [0.15, 0.2) is 0 Å². The molecule has 0 radical (unpaired) electrons. The van der Waals surface area contributed by atoms with Gasteiger partial charge in [0.25, 0.3) is 11.5 Å². The normalized spacial score (nSPS) is 10.6. The van der Waals surface area contributed by atoms with Gasteiger partial charge in [-0.05, 0) is 31.4 Å². The zero-order valence-corrected chi connectivity index (χ0v) is 12.8. The molecule has 0 saturated carbocycles. The van der Waals surface area contributed by atoms with E-state index in [0.29, 0.717) is 6.54 Å². The third kappa shape index (κ3) is 4.83. The second-order valence-corrected chi connectivity index (χ2v) is 5.24. The highest BCUT2D eigenvalue weighted by molar-refractivity contribution is 5.93. The van der Waals surface area contributed by atoms with E-state index in [2.05, 4.69) is 24.1 Å². The molecule has 1 amide bonds. The van der Waals surface area contributed by atoms with Crippen LogP contribution < -0.4 is 10.9 Å². The van der Waals surface area contributed by atoms with Crippen molar-refractivity contribution in [3.05, 3.63) is 33.2 Å². The van der Waals surface area contributed by atoms with Crippen LogP contribution in [0.15, 0.2) is 10.9 Å². The predicted molar refractivity (Wildman–Crippen MR) is 82.3 cm³/mol. The van der Waals surface area contributed by atoms with Gasteiger partial charge in [0, 0.05) is 12.2 Å². The lowest BCUT2D eigenvalue weighted by atomic mass is 10.1. The average molecular weight is 278 g/mol. The van der Waals surface area contributed by atoms with Crippen LogP contribution in [0.1, 0.15) is 67.6 Å². The maximum absolute atomic E-state index is 12.0. The van der Waals surface area contributed by atoms with Crippen LogP contribution in [-0.4, -0.2) is 17.4 Å². The van der Waals surface area contributed by atoms with Gasteiger partial charge in [0.1, 0.15) is 5.56 Å². The Balaban J connectivity index is 2.64. The molecule has 0 fully saturated rings. The summed E-state index contributed by atoms with van der Waals surface area (Å²) >= 11 is 0. The van der Waals surface area contributed by atoms with Crippen molar-refractivity contribution in [2.24, 2.45) is 0 Å². The summed E-state index contributed by atoms with van der Waals surface area (Å²) in [5.41, 5.74) is 1.84. The Morgan fingerprint density at radius 3 is 2.60 bits per heavy atom. The van der Waals surface area contributed by atoms with Crippen LogP contribution in [0.25, 0.3) is 0 Å². The van der Waals surface area contributed by atoms with Crippen LogP contribution >= 0.6 is 0 Å². The Morgan fingerprint density at radius 2 is 1.95 bits per heavy atom. The first-order chi connectivity index (χ1) is 9.60. The number of carbonyl (C=O) groups is 1. The highest BCUT2D eigenvalue weighted by atomic mass is 16.2. The molecule has 1 rings (SSSR count). The van der Waals surface area contributed by atoms with Crippen LogP contribution in [0.4, 0.5) is 0 Å². The van der Waals surface area contributed by atoms with Crippen LogP contribution in [-0.2, 0) is 6.42 Å². The molecule has 0 unspecified atom stereocenters. The van der Waals surface area contributed by atoms with E-state index in [-0.39, 0.29) is 17.0 Å². The number of hydrogen-bond acceptors (Lipinski definition) is 2. The fourth-order valence-corrected chi connectivity index (χ4v) is 2.20. The summed E-state index contributed by atoms with van der Waals surface area (Å²) in [7, 11) is 0. The number of pyridine rings is 1. The van der Waals surface area contributed by atoms with E-state index >= 15 is 0 Å². The zero-order chi connectivity index (χ0) is 15.0. The largest absolute Gasteiger partial charge is 0.352 e. The van der Waals surface area contributed by atoms with Crippen molar-refractivity contribution in [1.82, 2.24) is 10.3 Å².